The maximum Gasteiger partial charge on any atom is 0.317 e. The molecule has 0 radical (unpaired) electrons. The van der Waals surface area contributed by atoms with Crippen LogP contribution in [0.4, 0.5) is 4.79 Å². The van der Waals surface area contributed by atoms with Crippen LogP contribution in [0.5, 0.6) is 0 Å². The molecule has 0 bridgehead atoms. The van der Waals surface area contributed by atoms with Crippen LogP contribution in [0, 0.1) is 5.92 Å². The molecular weight excluding hydrogens is 364 g/mol. The first-order valence-corrected chi connectivity index (χ1v) is 11.2. The van der Waals surface area contributed by atoms with Crippen LogP contribution < -0.4 is 5.32 Å². The van der Waals surface area contributed by atoms with Gasteiger partial charge in [0, 0.05) is 51.2 Å². The molecule has 6 heteroatoms. The van der Waals surface area contributed by atoms with Crippen molar-refractivity contribution in [1.82, 2.24) is 20.0 Å². The van der Waals surface area contributed by atoms with Crippen LogP contribution in [0.1, 0.15) is 44.6 Å². The normalized spacial score (nSPS) is 27.6. The molecule has 1 aromatic rings. The van der Waals surface area contributed by atoms with Crippen molar-refractivity contribution >= 4 is 11.9 Å². The van der Waals surface area contributed by atoms with E-state index >= 15 is 0 Å². The molecule has 6 nitrogen and oxygen atoms in total. The van der Waals surface area contributed by atoms with E-state index in [2.05, 4.69) is 40.5 Å². The number of hydrogen-bond donors (Lipinski definition) is 1. The number of fused-ring (bicyclic) bond motifs is 1. The van der Waals surface area contributed by atoms with Gasteiger partial charge in [0.2, 0.25) is 5.91 Å². The monoisotopic (exact) mass is 398 g/mol. The highest BCUT2D eigenvalue weighted by Gasteiger charge is 2.38. The molecular formula is C23H34N4O2. The molecule has 29 heavy (non-hydrogen) atoms. The third-order valence-corrected chi connectivity index (χ3v) is 6.87. The van der Waals surface area contributed by atoms with Crippen molar-refractivity contribution in [2.45, 2.75) is 57.7 Å². The van der Waals surface area contributed by atoms with Crippen LogP contribution in [-0.2, 0) is 11.3 Å². The van der Waals surface area contributed by atoms with Gasteiger partial charge < -0.3 is 15.1 Å². The summed E-state index contributed by atoms with van der Waals surface area (Å²) in [7, 11) is 0. The van der Waals surface area contributed by atoms with Gasteiger partial charge in [0.25, 0.3) is 0 Å². The molecule has 0 spiro atoms. The molecule has 158 valence electrons. The van der Waals surface area contributed by atoms with Crippen LogP contribution in [0.2, 0.25) is 0 Å². The van der Waals surface area contributed by atoms with Crippen molar-refractivity contribution in [3.8, 4) is 0 Å². The summed E-state index contributed by atoms with van der Waals surface area (Å²) in [6.45, 7) is 7.15. The zero-order valence-corrected chi connectivity index (χ0v) is 17.6. The third kappa shape index (κ3) is 4.74. The Labute approximate surface area is 174 Å². The maximum absolute atomic E-state index is 12.8. The Morgan fingerprint density at radius 1 is 1.00 bits per heavy atom. The van der Waals surface area contributed by atoms with Crippen molar-refractivity contribution in [3.63, 3.8) is 0 Å². The van der Waals surface area contributed by atoms with Crippen molar-refractivity contribution in [2.24, 2.45) is 5.92 Å². The summed E-state index contributed by atoms with van der Waals surface area (Å²) in [6, 6.07) is 11.4. The molecule has 3 atom stereocenters. The maximum atomic E-state index is 12.8. The summed E-state index contributed by atoms with van der Waals surface area (Å²) >= 11 is 0. The lowest BCUT2D eigenvalue weighted by molar-refractivity contribution is -0.129. The van der Waals surface area contributed by atoms with E-state index in [1.54, 1.807) is 0 Å². The fraction of sp³-hybridized carbons (Fsp3) is 0.652. The lowest BCUT2D eigenvalue weighted by Crippen LogP contribution is -2.57. The number of nitrogens with zero attached hydrogens (tertiary/aromatic N) is 3. The first kappa shape index (κ1) is 20.2. The second-order valence-corrected chi connectivity index (χ2v) is 8.79. The Bertz CT molecular complexity index is 710. The molecule has 3 unspecified atom stereocenters. The number of likely N-dealkylation sites (tertiary alicyclic amines) is 3. The number of amides is 3. The number of piperidine rings is 2. The zero-order valence-electron chi connectivity index (χ0n) is 17.6. The lowest BCUT2D eigenvalue weighted by Gasteiger charge is -2.47. The van der Waals surface area contributed by atoms with Crippen molar-refractivity contribution in [1.29, 1.82) is 0 Å². The summed E-state index contributed by atoms with van der Waals surface area (Å²) in [5.41, 5.74) is 1.38. The van der Waals surface area contributed by atoms with Gasteiger partial charge in [0.05, 0.1) is 0 Å². The number of hydrogen-bond acceptors (Lipinski definition) is 3. The average molecular weight is 399 g/mol. The topological polar surface area (TPSA) is 55.9 Å². The Kier molecular flexibility index (Phi) is 6.38. The summed E-state index contributed by atoms with van der Waals surface area (Å²) in [6.07, 6.45) is 4.87. The molecule has 4 rings (SSSR count). The van der Waals surface area contributed by atoms with E-state index in [1.807, 2.05) is 16.7 Å². The number of carbonyl (C=O) groups excluding carboxylic acids is 2. The Balaban J connectivity index is 1.29. The average Bonchev–Trinajstić information content (AvgIpc) is 3.22. The van der Waals surface area contributed by atoms with Crippen LogP contribution in [0.25, 0.3) is 0 Å². The molecule has 0 aromatic heterocycles. The van der Waals surface area contributed by atoms with Crippen molar-refractivity contribution in [3.05, 3.63) is 35.9 Å². The number of benzene rings is 1. The van der Waals surface area contributed by atoms with Crippen LogP contribution in [-0.4, -0.2) is 71.4 Å². The Hall–Kier alpha value is -2.08. The Morgan fingerprint density at radius 3 is 2.59 bits per heavy atom. The first-order chi connectivity index (χ1) is 14.1. The van der Waals surface area contributed by atoms with Crippen LogP contribution in [0.15, 0.2) is 30.3 Å². The molecule has 1 aromatic carbocycles. The summed E-state index contributed by atoms with van der Waals surface area (Å²) in [4.78, 5) is 31.2. The quantitative estimate of drug-likeness (QED) is 0.848. The molecule has 3 aliphatic heterocycles. The number of rotatable bonds is 4. The molecule has 3 aliphatic rings. The summed E-state index contributed by atoms with van der Waals surface area (Å²) in [5.74, 6) is 0.747. The van der Waals surface area contributed by atoms with E-state index < -0.39 is 0 Å². The standard InChI is InChI=1S/C23H34N4O2/c1-2-22(28)26-13-10-20(17-26)24-23(29)27-14-11-21-19(16-27)9-6-12-25(21)15-18-7-4-3-5-8-18/h3-5,7-8,19-21H,2,6,9-17H2,1H3,(H,24,29). The highest BCUT2D eigenvalue weighted by Crippen LogP contribution is 2.31. The van der Waals surface area contributed by atoms with E-state index in [0.717, 1.165) is 45.6 Å². The van der Waals surface area contributed by atoms with Gasteiger partial charge >= 0.3 is 6.03 Å². The minimum Gasteiger partial charge on any atom is -0.341 e. The largest absolute Gasteiger partial charge is 0.341 e. The van der Waals surface area contributed by atoms with E-state index in [9.17, 15) is 9.59 Å². The van der Waals surface area contributed by atoms with Crippen molar-refractivity contribution in [2.75, 3.05) is 32.7 Å². The van der Waals surface area contributed by atoms with Gasteiger partial charge in [-0.3, -0.25) is 9.69 Å². The van der Waals surface area contributed by atoms with Crippen LogP contribution >= 0.6 is 0 Å². The van der Waals surface area contributed by atoms with E-state index in [4.69, 9.17) is 0 Å². The second kappa shape index (κ2) is 9.16. The number of urea groups is 1. The van der Waals surface area contributed by atoms with Gasteiger partial charge in [-0.25, -0.2) is 4.79 Å². The van der Waals surface area contributed by atoms with Crippen LogP contribution in [0.3, 0.4) is 0 Å². The van der Waals surface area contributed by atoms with Gasteiger partial charge in [-0.05, 0) is 43.7 Å². The predicted molar refractivity (Wildman–Crippen MR) is 113 cm³/mol. The Morgan fingerprint density at radius 2 is 1.79 bits per heavy atom. The van der Waals surface area contributed by atoms with Crippen molar-refractivity contribution < 1.29 is 9.59 Å². The minimum atomic E-state index is 0.0550. The minimum absolute atomic E-state index is 0.0550. The predicted octanol–water partition coefficient (Wildman–Crippen LogP) is 2.69. The molecule has 3 amide bonds. The number of carbonyl (C=O) groups is 2. The van der Waals surface area contributed by atoms with Gasteiger partial charge in [-0.15, -0.1) is 0 Å². The smallest absolute Gasteiger partial charge is 0.317 e. The molecule has 3 saturated heterocycles. The van der Waals surface area contributed by atoms with Gasteiger partial charge in [-0.2, -0.15) is 0 Å². The lowest BCUT2D eigenvalue weighted by atomic mass is 9.83. The second-order valence-electron chi connectivity index (χ2n) is 8.79. The highest BCUT2D eigenvalue weighted by molar-refractivity contribution is 5.77. The fourth-order valence-electron chi connectivity index (χ4n) is 5.30. The molecule has 3 heterocycles. The van der Waals surface area contributed by atoms with E-state index in [1.165, 1.54) is 18.4 Å². The highest BCUT2D eigenvalue weighted by atomic mass is 16.2. The number of nitrogens with one attached hydrogen (secondary N) is 1. The summed E-state index contributed by atoms with van der Waals surface area (Å²) < 4.78 is 0. The SMILES string of the molecule is CCC(=O)N1CCC(NC(=O)N2CCC3C(CCCN3Cc3ccccc3)C2)C1. The molecule has 3 fully saturated rings. The first-order valence-electron chi connectivity index (χ1n) is 11.2. The molecule has 1 N–H and O–H groups in total. The van der Waals surface area contributed by atoms with E-state index in [-0.39, 0.29) is 18.0 Å². The van der Waals surface area contributed by atoms with Gasteiger partial charge in [0.1, 0.15) is 0 Å². The molecule has 0 saturated carbocycles. The third-order valence-electron chi connectivity index (χ3n) is 6.87. The zero-order chi connectivity index (χ0) is 20.2. The van der Waals surface area contributed by atoms with Gasteiger partial charge in [0.15, 0.2) is 0 Å². The molecule has 0 aliphatic carbocycles. The van der Waals surface area contributed by atoms with Gasteiger partial charge in [-0.1, -0.05) is 37.3 Å². The fourth-order valence-corrected chi connectivity index (χ4v) is 5.30. The summed E-state index contributed by atoms with van der Waals surface area (Å²) in [5, 5.41) is 3.18. The van der Waals surface area contributed by atoms with E-state index in [0.29, 0.717) is 24.9 Å².